The van der Waals surface area contributed by atoms with E-state index in [0.29, 0.717) is 10.4 Å². The average Bonchev–Trinajstić information content (AvgIpc) is 2.96. The van der Waals surface area contributed by atoms with Crippen LogP contribution in [0.3, 0.4) is 0 Å². The van der Waals surface area contributed by atoms with Gasteiger partial charge in [-0.25, -0.2) is 4.79 Å². The first kappa shape index (κ1) is 15.3. The molecule has 1 amide bonds. The molecule has 0 unspecified atom stereocenters. The van der Waals surface area contributed by atoms with Gasteiger partial charge < -0.3 is 10.1 Å². The molecule has 110 valence electrons. The zero-order chi connectivity index (χ0) is 15.4. The molecule has 0 saturated heterocycles. The Hall–Kier alpha value is -2.14. The minimum Gasteiger partial charge on any atom is -0.465 e. The number of methoxy groups -OCH3 is 1. The molecule has 1 heterocycles. The van der Waals surface area contributed by atoms with Crippen molar-refractivity contribution in [2.75, 3.05) is 7.11 Å². The maximum Gasteiger partial charge on any atom is 0.337 e. The summed E-state index contributed by atoms with van der Waals surface area (Å²) >= 11 is 1.43. The first-order valence-electron chi connectivity index (χ1n) is 6.60. The third-order valence-corrected chi connectivity index (χ3v) is 3.97. The van der Waals surface area contributed by atoms with Crippen molar-refractivity contribution >= 4 is 23.2 Å². The van der Waals surface area contributed by atoms with Crippen LogP contribution in [0.25, 0.3) is 10.4 Å². The van der Waals surface area contributed by atoms with Gasteiger partial charge in [-0.05, 0) is 43.7 Å². The maximum absolute atomic E-state index is 11.9. The standard InChI is InChI=1S/C16H17NO3S/c1-10(2)17-15(18)14-9-8-13(21-14)11-4-6-12(7-5-11)16(19)20-3/h4-10H,1-3H3,(H,17,18). The second-order valence-corrected chi connectivity index (χ2v) is 5.94. The normalized spacial score (nSPS) is 10.5. The van der Waals surface area contributed by atoms with Gasteiger partial charge in [0.15, 0.2) is 0 Å². The topological polar surface area (TPSA) is 55.4 Å². The number of benzene rings is 1. The quantitative estimate of drug-likeness (QED) is 0.881. The highest BCUT2D eigenvalue weighted by atomic mass is 32.1. The van der Waals surface area contributed by atoms with E-state index in [9.17, 15) is 9.59 Å². The summed E-state index contributed by atoms with van der Waals surface area (Å²) in [5.74, 6) is -0.419. The molecule has 1 N–H and O–H groups in total. The highest BCUT2D eigenvalue weighted by Gasteiger charge is 2.11. The summed E-state index contributed by atoms with van der Waals surface area (Å²) in [6.45, 7) is 3.86. The van der Waals surface area contributed by atoms with Crippen molar-refractivity contribution in [1.82, 2.24) is 5.32 Å². The molecule has 21 heavy (non-hydrogen) atoms. The number of hydrogen-bond acceptors (Lipinski definition) is 4. The maximum atomic E-state index is 11.9. The van der Waals surface area contributed by atoms with Crippen LogP contribution in [0, 0.1) is 0 Å². The van der Waals surface area contributed by atoms with E-state index in [0.717, 1.165) is 10.4 Å². The zero-order valence-electron chi connectivity index (χ0n) is 12.2. The van der Waals surface area contributed by atoms with Crippen molar-refractivity contribution in [3.05, 3.63) is 46.8 Å². The van der Waals surface area contributed by atoms with Crippen LogP contribution in [0.15, 0.2) is 36.4 Å². The Kier molecular flexibility index (Phi) is 4.75. The van der Waals surface area contributed by atoms with Gasteiger partial charge in [-0.3, -0.25) is 4.79 Å². The van der Waals surface area contributed by atoms with Crippen LogP contribution in [0.4, 0.5) is 0 Å². The Balaban J connectivity index is 2.18. The van der Waals surface area contributed by atoms with E-state index < -0.39 is 0 Å². The monoisotopic (exact) mass is 303 g/mol. The highest BCUT2D eigenvalue weighted by molar-refractivity contribution is 7.17. The number of thiophene rings is 1. The number of esters is 1. The van der Waals surface area contributed by atoms with E-state index in [1.165, 1.54) is 18.4 Å². The van der Waals surface area contributed by atoms with Crippen LogP contribution >= 0.6 is 11.3 Å². The summed E-state index contributed by atoms with van der Waals surface area (Å²) in [6, 6.07) is 11.0. The lowest BCUT2D eigenvalue weighted by atomic mass is 10.1. The minimum absolute atomic E-state index is 0.0626. The van der Waals surface area contributed by atoms with Gasteiger partial charge in [-0.15, -0.1) is 11.3 Å². The SMILES string of the molecule is COC(=O)c1ccc(-c2ccc(C(=O)NC(C)C)s2)cc1. The number of amides is 1. The third-order valence-electron chi connectivity index (χ3n) is 2.84. The lowest BCUT2D eigenvalue weighted by Crippen LogP contribution is -2.29. The number of nitrogens with one attached hydrogen (secondary N) is 1. The second kappa shape index (κ2) is 6.54. The molecule has 2 rings (SSSR count). The summed E-state index contributed by atoms with van der Waals surface area (Å²) in [4.78, 5) is 25.0. The largest absolute Gasteiger partial charge is 0.465 e. The van der Waals surface area contributed by atoms with Gasteiger partial charge >= 0.3 is 5.97 Å². The zero-order valence-corrected chi connectivity index (χ0v) is 13.0. The summed E-state index contributed by atoms with van der Waals surface area (Å²) < 4.78 is 4.67. The van der Waals surface area contributed by atoms with E-state index in [-0.39, 0.29) is 17.9 Å². The number of ether oxygens (including phenoxy) is 1. The van der Waals surface area contributed by atoms with Crippen molar-refractivity contribution in [2.45, 2.75) is 19.9 Å². The molecule has 1 aromatic carbocycles. The van der Waals surface area contributed by atoms with Gasteiger partial charge in [0.2, 0.25) is 0 Å². The Morgan fingerprint density at radius 2 is 1.76 bits per heavy atom. The van der Waals surface area contributed by atoms with Gasteiger partial charge in [0.25, 0.3) is 5.91 Å². The van der Waals surface area contributed by atoms with E-state index in [2.05, 4.69) is 10.1 Å². The van der Waals surface area contributed by atoms with Crippen molar-refractivity contribution in [3.63, 3.8) is 0 Å². The first-order valence-corrected chi connectivity index (χ1v) is 7.42. The van der Waals surface area contributed by atoms with Crippen LogP contribution < -0.4 is 5.32 Å². The highest BCUT2D eigenvalue weighted by Crippen LogP contribution is 2.28. The lowest BCUT2D eigenvalue weighted by Gasteiger charge is -2.05. The Morgan fingerprint density at radius 1 is 1.10 bits per heavy atom. The number of carbonyl (C=O) groups excluding carboxylic acids is 2. The molecule has 0 spiro atoms. The summed E-state index contributed by atoms with van der Waals surface area (Å²) in [5, 5.41) is 2.87. The molecule has 0 bridgehead atoms. The molecule has 0 saturated carbocycles. The molecule has 0 aliphatic heterocycles. The number of rotatable bonds is 4. The Bertz CT molecular complexity index is 644. The second-order valence-electron chi connectivity index (χ2n) is 4.86. The molecule has 0 aliphatic carbocycles. The van der Waals surface area contributed by atoms with E-state index in [1.807, 2.05) is 38.1 Å². The third kappa shape index (κ3) is 3.70. The molecular weight excluding hydrogens is 286 g/mol. The Morgan fingerprint density at radius 3 is 2.33 bits per heavy atom. The summed E-state index contributed by atoms with van der Waals surface area (Å²) in [5.41, 5.74) is 1.48. The van der Waals surface area contributed by atoms with Gasteiger partial charge in [0.05, 0.1) is 17.6 Å². The fraction of sp³-hybridized carbons (Fsp3) is 0.250. The first-order chi connectivity index (χ1) is 10.0. The molecular formula is C16H17NO3S. The van der Waals surface area contributed by atoms with Crippen molar-refractivity contribution < 1.29 is 14.3 Å². The van der Waals surface area contributed by atoms with E-state index in [1.54, 1.807) is 12.1 Å². The van der Waals surface area contributed by atoms with Crippen molar-refractivity contribution in [3.8, 4) is 10.4 Å². The fourth-order valence-corrected chi connectivity index (χ4v) is 2.75. The molecule has 0 aliphatic rings. The van der Waals surface area contributed by atoms with Crippen LogP contribution in [0.5, 0.6) is 0 Å². The van der Waals surface area contributed by atoms with Crippen LogP contribution in [0.2, 0.25) is 0 Å². The van der Waals surface area contributed by atoms with Gasteiger partial charge in [0.1, 0.15) is 0 Å². The molecule has 2 aromatic rings. The summed E-state index contributed by atoms with van der Waals surface area (Å²) in [6.07, 6.45) is 0. The molecule has 0 fully saturated rings. The average molecular weight is 303 g/mol. The fourth-order valence-electron chi connectivity index (χ4n) is 1.84. The minimum atomic E-state index is -0.357. The van der Waals surface area contributed by atoms with Crippen LogP contribution in [0.1, 0.15) is 33.9 Å². The van der Waals surface area contributed by atoms with Crippen LogP contribution in [-0.4, -0.2) is 25.0 Å². The molecule has 0 atom stereocenters. The van der Waals surface area contributed by atoms with Crippen LogP contribution in [-0.2, 0) is 4.74 Å². The molecule has 0 radical (unpaired) electrons. The van der Waals surface area contributed by atoms with Gasteiger partial charge in [-0.2, -0.15) is 0 Å². The molecule has 4 nitrogen and oxygen atoms in total. The smallest absolute Gasteiger partial charge is 0.337 e. The lowest BCUT2D eigenvalue weighted by molar-refractivity contribution is 0.0600. The van der Waals surface area contributed by atoms with Gasteiger partial charge in [0, 0.05) is 10.9 Å². The van der Waals surface area contributed by atoms with E-state index in [4.69, 9.17) is 0 Å². The van der Waals surface area contributed by atoms with Crippen molar-refractivity contribution in [2.24, 2.45) is 0 Å². The number of hydrogen-bond donors (Lipinski definition) is 1. The summed E-state index contributed by atoms with van der Waals surface area (Å²) in [7, 11) is 1.36. The molecule has 1 aromatic heterocycles. The van der Waals surface area contributed by atoms with Crippen molar-refractivity contribution in [1.29, 1.82) is 0 Å². The Labute approximate surface area is 127 Å². The van der Waals surface area contributed by atoms with Gasteiger partial charge in [-0.1, -0.05) is 12.1 Å². The van der Waals surface area contributed by atoms with E-state index >= 15 is 0 Å². The number of carbonyl (C=O) groups is 2. The predicted molar refractivity (Wildman–Crippen MR) is 83.7 cm³/mol. The predicted octanol–water partition coefficient (Wildman–Crippen LogP) is 3.34. The molecule has 5 heteroatoms.